The number of hydrogen-bond donors (Lipinski definition) is 2. The summed E-state index contributed by atoms with van der Waals surface area (Å²) in [5.74, 6) is 0.698. The van der Waals surface area contributed by atoms with Crippen LogP contribution in [-0.4, -0.2) is 34.3 Å². The van der Waals surface area contributed by atoms with Gasteiger partial charge in [0, 0.05) is 31.0 Å². The highest BCUT2D eigenvalue weighted by Gasteiger charge is 2.25. The summed E-state index contributed by atoms with van der Waals surface area (Å²) in [7, 11) is 0. The van der Waals surface area contributed by atoms with Crippen molar-refractivity contribution in [2.45, 2.75) is 25.4 Å². The SMILES string of the molecule is NCc1cnc(N2CCCC2CO)nc1. The average molecular weight is 208 g/mol. The molecule has 1 fully saturated rings. The molecule has 15 heavy (non-hydrogen) atoms. The highest BCUT2D eigenvalue weighted by atomic mass is 16.3. The Balaban J connectivity index is 2.14. The standard InChI is InChI=1S/C10H16N4O/c11-4-8-5-12-10(13-6-8)14-3-1-2-9(14)7-15/h5-6,9,15H,1-4,7,11H2. The van der Waals surface area contributed by atoms with Gasteiger partial charge in [-0.15, -0.1) is 0 Å². The topological polar surface area (TPSA) is 75.3 Å². The molecule has 3 N–H and O–H groups in total. The van der Waals surface area contributed by atoms with Crippen molar-refractivity contribution >= 4 is 5.95 Å². The Kier molecular flexibility index (Phi) is 3.13. The fraction of sp³-hybridized carbons (Fsp3) is 0.600. The van der Waals surface area contributed by atoms with Crippen LogP contribution in [0.3, 0.4) is 0 Å². The van der Waals surface area contributed by atoms with E-state index in [4.69, 9.17) is 5.73 Å². The zero-order chi connectivity index (χ0) is 10.7. The lowest BCUT2D eigenvalue weighted by molar-refractivity contribution is 0.265. The normalized spacial score (nSPS) is 20.9. The Bertz CT molecular complexity index is 314. The second-order valence-electron chi connectivity index (χ2n) is 3.77. The summed E-state index contributed by atoms with van der Waals surface area (Å²) in [4.78, 5) is 10.6. The zero-order valence-corrected chi connectivity index (χ0v) is 8.63. The highest BCUT2D eigenvalue weighted by Crippen LogP contribution is 2.21. The molecule has 0 aromatic carbocycles. The van der Waals surface area contributed by atoms with Crippen LogP contribution in [0.25, 0.3) is 0 Å². The van der Waals surface area contributed by atoms with Crippen molar-refractivity contribution in [3.8, 4) is 0 Å². The first-order valence-electron chi connectivity index (χ1n) is 5.23. The Morgan fingerprint density at radius 3 is 2.80 bits per heavy atom. The Labute approximate surface area is 88.9 Å². The molecule has 2 heterocycles. The van der Waals surface area contributed by atoms with Crippen LogP contribution >= 0.6 is 0 Å². The van der Waals surface area contributed by atoms with E-state index >= 15 is 0 Å². The number of nitrogens with zero attached hydrogens (tertiary/aromatic N) is 3. The van der Waals surface area contributed by atoms with E-state index in [-0.39, 0.29) is 12.6 Å². The van der Waals surface area contributed by atoms with E-state index in [1.807, 2.05) is 0 Å². The van der Waals surface area contributed by atoms with Crippen molar-refractivity contribution in [1.82, 2.24) is 9.97 Å². The maximum absolute atomic E-state index is 9.18. The van der Waals surface area contributed by atoms with Crippen molar-refractivity contribution in [2.24, 2.45) is 5.73 Å². The van der Waals surface area contributed by atoms with Gasteiger partial charge in [-0.25, -0.2) is 9.97 Å². The molecular formula is C10H16N4O. The maximum atomic E-state index is 9.18. The minimum atomic E-state index is 0.169. The van der Waals surface area contributed by atoms with Gasteiger partial charge in [0.05, 0.1) is 12.6 Å². The van der Waals surface area contributed by atoms with Gasteiger partial charge in [-0.05, 0) is 12.8 Å². The fourth-order valence-corrected chi connectivity index (χ4v) is 1.89. The first-order valence-corrected chi connectivity index (χ1v) is 5.23. The van der Waals surface area contributed by atoms with Crippen molar-refractivity contribution < 1.29 is 5.11 Å². The van der Waals surface area contributed by atoms with Crippen molar-refractivity contribution in [3.05, 3.63) is 18.0 Å². The van der Waals surface area contributed by atoms with Gasteiger partial charge in [-0.3, -0.25) is 0 Å². The molecule has 2 rings (SSSR count). The molecular weight excluding hydrogens is 192 g/mol. The van der Waals surface area contributed by atoms with Gasteiger partial charge in [0.2, 0.25) is 5.95 Å². The average Bonchev–Trinajstić information content (AvgIpc) is 2.77. The van der Waals surface area contributed by atoms with E-state index in [0.717, 1.165) is 24.9 Å². The number of hydrogen-bond acceptors (Lipinski definition) is 5. The van der Waals surface area contributed by atoms with Gasteiger partial charge in [-0.1, -0.05) is 0 Å². The van der Waals surface area contributed by atoms with Gasteiger partial charge in [0.25, 0.3) is 0 Å². The Hall–Kier alpha value is -1.20. The predicted molar refractivity (Wildman–Crippen MR) is 57.4 cm³/mol. The molecule has 0 saturated carbocycles. The van der Waals surface area contributed by atoms with Gasteiger partial charge in [0.15, 0.2) is 0 Å². The van der Waals surface area contributed by atoms with Crippen molar-refractivity contribution in [3.63, 3.8) is 0 Å². The lowest BCUT2D eigenvalue weighted by atomic mass is 10.2. The van der Waals surface area contributed by atoms with Crippen LogP contribution in [0, 0.1) is 0 Å². The number of aromatic nitrogens is 2. The second-order valence-corrected chi connectivity index (χ2v) is 3.77. The molecule has 1 saturated heterocycles. The molecule has 5 nitrogen and oxygen atoms in total. The van der Waals surface area contributed by atoms with Gasteiger partial charge in [0.1, 0.15) is 0 Å². The van der Waals surface area contributed by atoms with Crippen LogP contribution in [0.15, 0.2) is 12.4 Å². The molecule has 1 aliphatic heterocycles. The summed E-state index contributed by atoms with van der Waals surface area (Å²) in [6.07, 6.45) is 5.59. The number of anilines is 1. The number of rotatable bonds is 3. The Morgan fingerprint density at radius 2 is 2.20 bits per heavy atom. The first-order chi connectivity index (χ1) is 7.35. The van der Waals surface area contributed by atoms with Crippen LogP contribution in [-0.2, 0) is 6.54 Å². The second kappa shape index (κ2) is 4.55. The summed E-state index contributed by atoms with van der Waals surface area (Å²) < 4.78 is 0. The van der Waals surface area contributed by atoms with E-state index in [2.05, 4.69) is 14.9 Å². The molecule has 0 bridgehead atoms. The van der Waals surface area contributed by atoms with Gasteiger partial charge in [-0.2, -0.15) is 0 Å². The van der Waals surface area contributed by atoms with E-state index < -0.39 is 0 Å². The molecule has 5 heteroatoms. The lowest BCUT2D eigenvalue weighted by Crippen LogP contribution is -2.33. The number of aliphatic hydroxyl groups excluding tert-OH is 1. The van der Waals surface area contributed by atoms with E-state index in [9.17, 15) is 5.11 Å². The Morgan fingerprint density at radius 1 is 1.47 bits per heavy atom. The van der Waals surface area contributed by atoms with Crippen LogP contribution in [0.1, 0.15) is 18.4 Å². The highest BCUT2D eigenvalue weighted by molar-refractivity contribution is 5.33. The quantitative estimate of drug-likeness (QED) is 0.725. The number of aliphatic hydroxyl groups is 1. The zero-order valence-electron chi connectivity index (χ0n) is 8.63. The third-order valence-corrected chi connectivity index (χ3v) is 2.77. The molecule has 82 valence electrons. The predicted octanol–water partition coefficient (Wildman–Crippen LogP) is -0.104. The molecule has 0 spiro atoms. The van der Waals surface area contributed by atoms with Crippen LogP contribution in [0.2, 0.25) is 0 Å². The van der Waals surface area contributed by atoms with E-state index in [0.29, 0.717) is 12.5 Å². The molecule has 1 aromatic rings. The first kappa shape index (κ1) is 10.3. The molecule has 0 radical (unpaired) electrons. The van der Waals surface area contributed by atoms with E-state index in [1.54, 1.807) is 12.4 Å². The van der Waals surface area contributed by atoms with Gasteiger partial charge >= 0.3 is 0 Å². The summed E-state index contributed by atoms with van der Waals surface area (Å²) in [6.45, 7) is 1.55. The summed E-state index contributed by atoms with van der Waals surface area (Å²) in [5, 5.41) is 9.18. The van der Waals surface area contributed by atoms with Crippen LogP contribution < -0.4 is 10.6 Å². The largest absolute Gasteiger partial charge is 0.394 e. The number of nitrogens with two attached hydrogens (primary N) is 1. The molecule has 1 atom stereocenters. The minimum absolute atomic E-state index is 0.169. The maximum Gasteiger partial charge on any atom is 0.225 e. The summed E-state index contributed by atoms with van der Waals surface area (Å²) in [5.41, 5.74) is 6.40. The molecule has 1 aliphatic rings. The third-order valence-electron chi connectivity index (χ3n) is 2.77. The molecule has 0 aliphatic carbocycles. The smallest absolute Gasteiger partial charge is 0.225 e. The minimum Gasteiger partial charge on any atom is -0.394 e. The summed E-state index contributed by atoms with van der Waals surface area (Å²) in [6, 6.07) is 0.175. The fourth-order valence-electron chi connectivity index (χ4n) is 1.89. The molecule has 0 amide bonds. The van der Waals surface area contributed by atoms with Crippen molar-refractivity contribution in [2.75, 3.05) is 18.1 Å². The van der Waals surface area contributed by atoms with E-state index in [1.165, 1.54) is 0 Å². The van der Waals surface area contributed by atoms with Crippen LogP contribution in [0.5, 0.6) is 0 Å². The van der Waals surface area contributed by atoms with Crippen molar-refractivity contribution in [1.29, 1.82) is 0 Å². The molecule has 1 unspecified atom stereocenters. The monoisotopic (exact) mass is 208 g/mol. The molecule has 1 aromatic heterocycles. The van der Waals surface area contributed by atoms with Crippen LogP contribution in [0.4, 0.5) is 5.95 Å². The van der Waals surface area contributed by atoms with Gasteiger partial charge < -0.3 is 15.7 Å². The third kappa shape index (κ3) is 2.08. The summed E-state index contributed by atoms with van der Waals surface area (Å²) >= 11 is 0. The lowest BCUT2D eigenvalue weighted by Gasteiger charge is -2.22.